The van der Waals surface area contributed by atoms with E-state index < -0.39 is 0 Å². The molecule has 4 heterocycles. The number of aromatic nitrogens is 5. The monoisotopic (exact) mass is 355 g/mol. The zero-order chi connectivity index (χ0) is 18.2. The Kier molecular flexibility index (Phi) is 3.43. The summed E-state index contributed by atoms with van der Waals surface area (Å²) in [6, 6.07) is 14.7. The van der Waals surface area contributed by atoms with Crippen LogP contribution < -0.4 is 5.56 Å². The van der Waals surface area contributed by atoms with E-state index in [1.807, 2.05) is 42.5 Å². The summed E-state index contributed by atoms with van der Waals surface area (Å²) in [5.41, 5.74) is 4.15. The number of hydrogen-bond acceptors (Lipinski definition) is 5. The number of hydrogen-bond donors (Lipinski definition) is 1. The van der Waals surface area contributed by atoms with Gasteiger partial charge in [0.2, 0.25) is 5.89 Å². The number of fused-ring (bicyclic) bond motifs is 1. The molecule has 0 bridgehead atoms. The maximum Gasteiger partial charge on any atom is 0.273 e. The molecule has 4 aromatic heterocycles. The highest BCUT2D eigenvalue weighted by Gasteiger charge is 2.13. The summed E-state index contributed by atoms with van der Waals surface area (Å²) in [4.78, 5) is 25.7. The van der Waals surface area contributed by atoms with Gasteiger partial charge in [-0.15, -0.1) is 0 Å². The van der Waals surface area contributed by atoms with Gasteiger partial charge in [-0.3, -0.25) is 14.9 Å². The van der Waals surface area contributed by atoms with Crippen LogP contribution in [-0.4, -0.2) is 24.6 Å². The fourth-order valence-corrected chi connectivity index (χ4v) is 2.99. The van der Waals surface area contributed by atoms with Crippen molar-refractivity contribution in [3.8, 4) is 34.0 Å². The lowest BCUT2D eigenvalue weighted by Crippen LogP contribution is -2.14. The number of oxazole rings is 1. The van der Waals surface area contributed by atoms with Crippen molar-refractivity contribution in [2.45, 2.75) is 0 Å². The molecule has 0 aliphatic rings. The molecule has 0 unspecified atom stereocenters. The predicted octanol–water partition coefficient (Wildman–Crippen LogP) is 3.41. The van der Waals surface area contributed by atoms with Crippen LogP contribution in [0.2, 0.25) is 0 Å². The highest BCUT2D eigenvalue weighted by molar-refractivity contribution is 5.76. The Hall–Kier alpha value is -4.00. The lowest BCUT2D eigenvalue weighted by atomic mass is 10.1. The molecule has 0 aliphatic carbocycles. The molecule has 0 atom stereocenters. The lowest BCUT2D eigenvalue weighted by molar-refractivity contribution is 0.574. The predicted molar refractivity (Wildman–Crippen MR) is 100.0 cm³/mol. The summed E-state index contributed by atoms with van der Waals surface area (Å²) in [7, 11) is 0. The van der Waals surface area contributed by atoms with Crippen molar-refractivity contribution >= 4 is 5.65 Å². The van der Waals surface area contributed by atoms with Crippen molar-refractivity contribution in [1.29, 1.82) is 0 Å². The van der Waals surface area contributed by atoms with Gasteiger partial charge in [-0.05, 0) is 24.3 Å². The molecule has 1 aromatic carbocycles. The Morgan fingerprint density at radius 1 is 0.926 bits per heavy atom. The fourth-order valence-electron chi connectivity index (χ4n) is 2.99. The molecule has 0 radical (unpaired) electrons. The van der Waals surface area contributed by atoms with Crippen molar-refractivity contribution in [1.82, 2.24) is 24.6 Å². The third-order valence-corrected chi connectivity index (χ3v) is 4.30. The largest absolute Gasteiger partial charge is 0.445 e. The van der Waals surface area contributed by atoms with Gasteiger partial charge in [-0.25, -0.2) is 14.5 Å². The van der Waals surface area contributed by atoms with Gasteiger partial charge in [0.05, 0.1) is 23.1 Å². The third kappa shape index (κ3) is 2.62. The zero-order valence-corrected chi connectivity index (χ0v) is 14.0. The second-order valence-corrected chi connectivity index (χ2v) is 5.96. The normalized spacial score (nSPS) is 11.1. The first-order chi connectivity index (χ1) is 13.3. The first kappa shape index (κ1) is 15.3. The van der Waals surface area contributed by atoms with Crippen molar-refractivity contribution in [3.05, 3.63) is 83.7 Å². The number of benzene rings is 1. The molecular formula is C20H13N5O2. The minimum Gasteiger partial charge on any atom is -0.445 e. The molecule has 5 aromatic rings. The average molecular weight is 355 g/mol. The molecule has 0 fully saturated rings. The summed E-state index contributed by atoms with van der Waals surface area (Å²) in [5, 5.41) is 2.94. The second kappa shape index (κ2) is 6.06. The summed E-state index contributed by atoms with van der Waals surface area (Å²) in [6.45, 7) is 0. The van der Waals surface area contributed by atoms with Crippen molar-refractivity contribution in [2.24, 2.45) is 0 Å². The quantitative estimate of drug-likeness (QED) is 0.536. The average Bonchev–Trinajstić information content (AvgIpc) is 3.39. The van der Waals surface area contributed by atoms with Crippen LogP contribution in [0.15, 0.2) is 82.6 Å². The van der Waals surface area contributed by atoms with E-state index >= 15 is 0 Å². The molecule has 1 N–H and O–H groups in total. The van der Waals surface area contributed by atoms with E-state index in [1.54, 1.807) is 18.6 Å². The van der Waals surface area contributed by atoms with Gasteiger partial charge in [0.15, 0.2) is 5.65 Å². The van der Waals surface area contributed by atoms with Crippen LogP contribution in [0.3, 0.4) is 0 Å². The van der Waals surface area contributed by atoms with Gasteiger partial charge < -0.3 is 4.42 Å². The maximum atomic E-state index is 12.5. The number of rotatable bonds is 3. The summed E-state index contributed by atoms with van der Waals surface area (Å²) >= 11 is 0. The minimum absolute atomic E-state index is 0.186. The van der Waals surface area contributed by atoms with Gasteiger partial charge in [0.25, 0.3) is 5.56 Å². The Morgan fingerprint density at radius 3 is 2.52 bits per heavy atom. The van der Waals surface area contributed by atoms with Crippen LogP contribution in [-0.2, 0) is 0 Å². The number of H-pyrrole nitrogens is 1. The van der Waals surface area contributed by atoms with E-state index in [2.05, 4.69) is 20.1 Å². The van der Waals surface area contributed by atoms with Crippen LogP contribution in [0.1, 0.15) is 0 Å². The first-order valence-corrected chi connectivity index (χ1v) is 8.32. The molecule has 0 aliphatic heterocycles. The zero-order valence-electron chi connectivity index (χ0n) is 14.0. The van der Waals surface area contributed by atoms with Crippen LogP contribution in [0, 0.1) is 0 Å². The van der Waals surface area contributed by atoms with E-state index in [9.17, 15) is 4.79 Å². The van der Waals surface area contributed by atoms with E-state index in [-0.39, 0.29) is 5.56 Å². The van der Waals surface area contributed by atoms with E-state index in [1.165, 1.54) is 16.8 Å². The molecule has 7 nitrogen and oxygen atoms in total. The second-order valence-electron chi connectivity index (χ2n) is 5.96. The number of pyridine rings is 1. The Bertz CT molecular complexity index is 1270. The van der Waals surface area contributed by atoms with Gasteiger partial charge in [-0.2, -0.15) is 0 Å². The van der Waals surface area contributed by atoms with Gasteiger partial charge in [0.1, 0.15) is 6.26 Å². The van der Waals surface area contributed by atoms with E-state index in [0.29, 0.717) is 17.2 Å². The SMILES string of the molecule is O=c1cc(-c2ccc(-c3ncco3)cc2)nc2c(-c3ccccn3)c[nH]n12. The van der Waals surface area contributed by atoms with Crippen LogP contribution in [0.4, 0.5) is 0 Å². The van der Waals surface area contributed by atoms with E-state index in [0.717, 1.165) is 22.4 Å². The van der Waals surface area contributed by atoms with Crippen LogP contribution in [0.25, 0.3) is 39.6 Å². The van der Waals surface area contributed by atoms with Crippen molar-refractivity contribution in [3.63, 3.8) is 0 Å². The topological polar surface area (TPSA) is 89.1 Å². The number of nitrogens with one attached hydrogen (secondary N) is 1. The standard InChI is InChI=1S/C20H13N5O2/c26-18-11-17(13-4-6-14(7-5-13)20-22-9-10-27-20)24-19-15(12-23-25(18)19)16-3-1-2-8-21-16/h1-12,23H. The summed E-state index contributed by atoms with van der Waals surface area (Å²) in [5.74, 6) is 0.549. The Balaban J connectivity index is 1.63. The number of nitrogens with zero attached hydrogens (tertiary/aromatic N) is 4. The maximum absolute atomic E-state index is 12.5. The molecule has 0 spiro atoms. The highest BCUT2D eigenvalue weighted by atomic mass is 16.3. The van der Waals surface area contributed by atoms with Gasteiger partial charge in [-0.1, -0.05) is 18.2 Å². The lowest BCUT2D eigenvalue weighted by Gasteiger charge is -2.04. The highest BCUT2D eigenvalue weighted by Crippen LogP contribution is 2.25. The van der Waals surface area contributed by atoms with Gasteiger partial charge >= 0.3 is 0 Å². The minimum atomic E-state index is -0.186. The molecule has 0 amide bonds. The molecule has 5 rings (SSSR count). The third-order valence-electron chi connectivity index (χ3n) is 4.30. The van der Waals surface area contributed by atoms with E-state index in [4.69, 9.17) is 4.42 Å². The Morgan fingerprint density at radius 2 is 1.78 bits per heavy atom. The first-order valence-electron chi connectivity index (χ1n) is 8.32. The van der Waals surface area contributed by atoms with Crippen molar-refractivity contribution in [2.75, 3.05) is 0 Å². The number of aromatic amines is 1. The smallest absolute Gasteiger partial charge is 0.273 e. The summed E-state index contributed by atoms with van der Waals surface area (Å²) < 4.78 is 6.72. The molecule has 27 heavy (non-hydrogen) atoms. The van der Waals surface area contributed by atoms with Crippen molar-refractivity contribution < 1.29 is 4.42 Å². The summed E-state index contributed by atoms with van der Waals surface area (Å²) in [6.07, 6.45) is 6.58. The fraction of sp³-hybridized carbons (Fsp3) is 0. The Labute approximate surface area is 153 Å². The molecule has 0 saturated carbocycles. The molecule has 7 heteroatoms. The van der Waals surface area contributed by atoms with Crippen LogP contribution in [0.5, 0.6) is 0 Å². The van der Waals surface area contributed by atoms with Gasteiger partial charge in [0, 0.05) is 29.6 Å². The molecular weight excluding hydrogens is 342 g/mol. The molecule has 0 saturated heterocycles. The van der Waals surface area contributed by atoms with Crippen LogP contribution >= 0.6 is 0 Å². The molecule has 130 valence electrons.